The van der Waals surface area contributed by atoms with Crippen molar-refractivity contribution in [2.24, 2.45) is 7.05 Å². The minimum absolute atomic E-state index is 0.194. The molecule has 8 heteroatoms. The molecule has 1 aliphatic rings. The zero-order valence-corrected chi connectivity index (χ0v) is 15.3. The highest BCUT2D eigenvalue weighted by molar-refractivity contribution is 7.16. The summed E-state index contributed by atoms with van der Waals surface area (Å²) < 4.78 is 7.07. The van der Waals surface area contributed by atoms with Gasteiger partial charge in [0.15, 0.2) is 5.13 Å². The average Bonchev–Trinajstić information content (AvgIpc) is 3.30. The van der Waals surface area contributed by atoms with E-state index in [2.05, 4.69) is 10.3 Å². The molecule has 0 fully saturated rings. The van der Waals surface area contributed by atoms with Crippen molar-refractivity contribution in [2.45, 2.75) is 33.1 Å². The topological polar surface area (TPSA) is 77.1 Å². The van der Waals surface area contributed by atoms with Crippen LogP contribution in [0.25, 0.3) is 11.3 Å². The van der Waals surface area contributed by atoms with E-state index in [4.69, 9.17) is 9.51 Å². The molecule has 3 aromatic rings. The van der Waals surface area contributed by atoms with Gasteiger partial charge in [-0.15, -0.1) is 11.3 Å². The fourth-order valence-electron chi connectivity index (χ4n) is 3.13. The summed E-state index contributed by atoms with van der Waals surface area (Å²) in [6, 6.07) is 1.66. The van der Waals surface area contributed by atoms with Gasteiger partial charge < -0.3 is 4.52 Å². The Morgan fingerprint density at radius 3 is 3.00 bits per heavy atom. The van der Waals surface area contributed by atoms with E-state index in [0.29, 0.717) is 17.4 Å². The van der Waals surface area contributed by atoms with Crippen LogP contribution >= 0.6 is 11.3 Å². The monoisotopic (exact) mass is 357 g/mol. The molecule has 0 unspecified atom stereocenters. The molecule has 0 bridgehead atoms. The number of rotatable bonds is 4. The van der Waals surface area contributed by atoms with E-state index in [1.807, 2.05) is 24.9 Å². The first-order chi connectivity index (χ1) is 12.1. The largest absolute Gasteiger partial charge is 0.351 e. The molecule has 0 saturated carbocycles. The van der Waals surface area contributed by atoms with Crippen LogP contribution in [-0.2, 0) is 19.9 Å². The molecule has 0 aliphatic heterocycles. The molecule has 7 nitrogen and oxygen atoms in total. The third kappa shape index (κ3) is 2.66. The molecule has 25 heavy (non-hydrogen) atoms. The lowest BCUT2D eigenvalue weighted by Crippen LogP contribution is -2.31. The van der Waals surface area contributed by atoms with Gasteiger partial charge in [0, 0.05) is 35.8 Å². The molecule has 130 valence electrons. The van der Waals surface area contributed by atoms with Gasteiger partial charge in [0.25, 0.3) is 5.91 Å². The standard InChI is InChI=1S/C17H19N5O2S/c1-4-7-22(16(23)13-8-10(2)20-24-13)17-19-15-11-9-18-21(3)12(11)5-6-14(15)25-17/h8-9H,4-7H2,1-3H3. The second-order valence-electron chi connectivity index (χ2n) is 6.19. The van der Waals surface area contributed by atoms with Crippen LogP contribution in [0.5, 0.6) is 0 Å². The van der Waals surface area contributed by atoms with Crippen LogP contribution in [-0.4, -0.2) is 32.4 Å². The van der Waals surface area contributed by atoms with Gasteiger partial charge in [0.1, 0.15) is 0 Å². The van der Waals surface area contributed by atoms with E-state index >= 15 is 0 Å². The number of hydrogen-bond acceptors (Lipinski definition) is 6. The quantitative estimate of drug-likeness (QED) is 0.717. The summed E-state index contributed by atoms with van der Waals surface area (Å²) in [4.78, 5) is 20.5. The van der Waals surface area contributed by atoms with Gasteiger partial charge in [-0.2, -0.15) is 5.10 Å². The Hall–Kier alpha value is -2.48. The molecule has 0 saturated heterocycles. The van der Waals surface area contributed by atoms with Gasteiger partial charge in [0.2, 0.25) is 5.76 Å². The molecule has 0 radical (unpaired) electrons. The summed E-state index contributed by atoms with van der Waals surface area (Å²) in [5.41, 5.74) is 3.92. The van der Waals surface area contributed by atoms with Crippen molar-refractivity contribution in [1.82, 2.24) is 19.9 Å². The maximum Gasteiger partial charge on any atom is 0.298 e. The smallest absolute Gasteiger partial charge is 0.298 e. The Balaban J connectivity index is 1.72. The van der Waals surface area contributed by atoms with Crippen molar-refractivity contribution in [1.29, 1.82) is 0 Å². The highest BCUT2D eigenvalue weighted by Crippen LogP contribution is 2.39. The molecule has 3 heterocycles. The second-order valence-corrected chi connectivity index (χ2v) is 7.25. The lowest BCUT2D eigenvalue weighted by atomic mass is 10.0. The zero-order chi connectivity index (χ0) is 17.6. The number of hydrogen-bond donors (Lipinski definition) is 0. The molecule has 3 aromatic heterocycles. The van der Waals surface area contributed by atoms with E-state index in [-0.39, 0.29) is 11.7 Å². The molecule has 0 N–H and O–H groups in total. The van der Waals surface area contributed by atoms with Crippen molar-refractivity contribution < 1.29 is 9.32 Å². The first-order valence-corrected chi connectivity index (χ1v) is 9.16. The number of aromatic nitrogens is 4. The van der Waals surface area contributed by atoms with Crippen molar-refractivity contribution in [3.63, 3.8) is 0 Å². The maximum absolute atomic E-state index is 12.9. The van der Waals surface area contributed by atoms with E-state index in [9.17, 15) is 4.79 Å². The highest BCUT2D eigenvalue weighted by Gasteiger charge is 2.28. The number of nitrogens with zero attached hydrogens (tertiary/aromatic N) is 5. The first kappa shape index (κ1) is 16.0. The summed E-state index contributed by atoms with van der Waals surface area (Å²) >= 11 is 1.58. The second kappa shape index (κ2) is 6.11. The van der Waals surface area contributed by atoms with Crippen molar-refractivity contribution in [3.8, 4) is 11.3 Å². The van der Waals surface area contributed by atoms with Gasteiger partial charge in [0.05, 0.1) is 17.6 Å². The van der Waals surface area contributed by atoms with Crippen LogP contribution in [0.3, 0.4) is 0 Å². The number of fused-ring (bicyclic) bond motifs is 3. The number of thiazole rings is 1. The summed E-state index contributed by atoms with van der Waals surface area (Å²) in [7, 11) is 1.95. The van der Waals surface area contributed by atoms with E-state index < -0.39 is 0 Å². The zero-order valence-electron chi connectivity index (χ0n) is 14.4. The summed E-state index contributed by atoms with van der Waals surface area (Å²) in [5.74, 6) is 0.0566. The fraction of sp³-hybridized carbons (Fsp3) is 0.412. The lowest BCUT2D eigenvalue weighted by Gasteiger charge is -2.17. The number of anilines is 1. The third-order valence-electron chi connectivity index (χ3n) is 4.35. The van der Waals surface area contributed by atoms with Crippen LogP contribution in [0, 0.1) is 6.92 Å². The molecule has 0 spiro atoms. The molecule has 4 rings (SSSR count). The molecular formula is C17H19N5O2S. The number of carbonyl (C=O) groups is 1. The van der Waals surface area contributed by atoms with Gasteiger partial charge >= 0.3 is 0 Å². The predicted octanol–water partition coefficient (Wildman–Crippen LogP) is 3.00. The van der Waals surface area contributed by atoms with Crippen molar-refractivity contribution >= 4 is 22.4 Å². The molecule has 0 aromatic carbocycles. The van der Waals surface area contributed by atoms with E-state index in [0.717, 1.165) is 30.5 Å². The molecule has 0 atom stereocenters. The maximum atomic E-state index is 12.9. The predicted molar refractivity (Wildman–Crippen MR) is 94.9 cm³/mol. The van der Waals surface area contributed by atoms with Gasteiger partial charge in [-0.05, 0) is 26.2 Å². The molecule has 1 amide bonds. The Morgan fingerprint density at radius 1 is 1.44 bits per heavy atom. The minimum Gasteiger partial charge on any atom is -0.351 e. The summed E-state index contributed by atoms with van der Waals surface area (Å²) in [6.07, 6.45) is 4.57. The van der Waals surface area contributed by atoms with E-state index in [1.165, 1.54) is 10.6 Å². The van der Waals surface area contributed by atoms with Crippen molar-refractivity contribution in [2.75, 3.05) is 11.4 Å². The number of carbonyl (C=O) groups excluding carboxylic acids is 1. The first-order valence-electron chi connectivity index (χ1n) is 8.34. The van der Waals surface area contributed by atoms with Gasteiger partial charge in [-0.25, -0.2) is 4.98 Å². The Labute approximate surface area is 149 Å². The van der Waals surface area contributed by atoms with Crippen LogP contribution in [0.15, 0.2) is 16.8 Å². The van der Waals surface area contributed by atoms with Crippen LogP contribution in [0.4, 0.5) is 5.13 Å². The van der Waals surface area contributed by atoms with Crippen LogP contribution in [0.2, 0.25) is 0 Å². The highest BCUT2D eigenvalue weighted by atomic mass is 32.1. The molecule has 1 aliphatic carbocycles. The fourth-order valence-corrected chi connectivity index (χ4v) is 4.23. The van der Waals surface area contributed by atoms with Crippen LogP contribution in [0.1, 0.15) is 40.2 Å². The number of amides is 1. The minimum atomic E-state index is -0.194. The van der Waals surface area contributed by atoms with E-state index in [1.54, 1.807) is 29.2 Å². The SMILES string of the molecule is CCCN(C(=O)c1cc(C)no1)c1nc2c(s1)CCc1c-2cnn1C. The third-order valence-corrected chi connectivity index (χ3v) is 5.49. The lowest BCUT2D eigenvalue weighted by molar-refractivity contribution is 0.0951. The van der Waals surface area contributed by atoms with Crippen molar-refractivity contribution in [3.05, 3.63) is 34.3 Å². The van der Waals surface area contributed by atoms with Gasteiger partial charge in [-0.1, -0.05) is 12.1 Å². The van der Waals surface area contributed by atoms with Crippen LogP contribution < -0.4 is 4.90 Å². The Kier molecular flexibility index (Phi) is 3.91. The summed E-state index contributed by atoms with van der Waals surface area (Å²) in [5, 5.41) is 8.88. The van der Waals surface area contributed by atoms with Gasteiger partial charge in [-0.3, -0.25) is 14.4 Å². The Morgan fingerprint density at radius 2 is 2.28 bits per heavy atom. The molecular weight excluding hydrogens is 338 g/mol. The average molecular weight is 357 g/mol. The summed E-state index contributed by atoms with van der Waals surface area (Å²) in [6.45, 7) is 4.43. The normalized spacial score (nSPS) is 12.8. The number of aryl methyl sites for hydroxylation is 3. The Bertz CT molecular complexity index is 939.